The van der Waals surface area contributed by atoms with Crippen molar-refractivity contribution in [3.63, 3.8) is 0 Å². The third-order valence-electron chi connectivity index (χ3n) is 12.5. The molecule has 0 radical (unpaired) electrons. The SMILES string of the molecule is [C-]#[N+]c1cc(-c2ccc(-c3cc(-c4ccc(C#N)cc4)nc(-c4ccc(C#N)cc4)n3)cc2)cc([N+]#[C-])c1-c1ccc(-n2c3ccccc3c3cc(N(c4ccccc4)c4ccccc4)ccc32)cc1. The average molecular weight is 893 g/mol. The highest BCUT2D eigenvalue weighted by Crippen LogP contribution is 2.44. The average Bonchev–Trinajstić information content (AvgIpc) is 3.77. The summed E-state index contributed by atoms with van der Waals surface area (Å²) in [7, 11) is 0. The summed E-state index contributed by atoms with van der Waals surface area (Å²) in [6.45, 7) is 16.6. The Kier molecular flexibility index (Phi) is 10.9. The van der Waals surface area contributed by atoms with E-state index in [2.05, 4.69) is 134 Å². The van der Waals surface area contributed by atoms with Gasteiger partial charge in [0.15, 0.2) is 17.2 Å². The smallest absolute Gasteiger partial charge is 0.185 e. The number of para-hydroxylation sites is 3. The number of rotatable bonds is 9. The predicted molar refractivity (Wildman–Crippen MR) is 280 cm³/mol. The lowest BCUT2D eigenvalue weighted by molar-refractivity contribution is 1.18. The Morgan fingerprint density at radius 3 is 1.46 bits per heavy atom. The molecule has 0 N–H and O–H groups in total. The standard InChI is InChI=1S/C62H36N8/c1-65-57-35-48(43-25-27-45(28-26-43)56-38-55(44-21-17-41(39-63)18-22-44)67-62(68-56)47-23-19-42(40-64)20-24-47)36-58(66-2)61(57)46-29-31-51(32-30-46)70-59-16-10-9-15-53(59)54-37-52(33-34-60(54)70)69(49-11-5-3-6-12-49)50-13-7-4-8-14-50/h3-38H. The van der Waals surface area contributed by atoms with Crippen LogP contribution in [0.4, 0.5) is 28.4 Å². The van der Waals surface area contributed by atoms with Gasteiger partial charge in [-0.25, -0.2) is 19.7 Å². The molecule has 11 aromatic rings. The molecule has 8 nitrogen and oxygen atoms in total. The highest BCUT2D eigenvalue weighted by atomic mass is 15.1. The van der Waals surface area contributed by atoms with Crippen molar-refractivity contribution in [2.45, 2.75) is 0 Å². The summed E-state index contributed by atoms with van der Waals surface area (Å²) in [5, 5.41) is 21.0. The lowest BCUT2D eigenvalue weighted by Gasteiger charge is -2.25. The first kappa shape index (κ1) is 42.3. The first-order valence-electron chi connectivity index (χ1n) is 22.5. The highest BCUT2D eigenvalue weighted by Gasteiger charge is 2.19. The van der Waals surface area contributed by atoms with Gasteiger partial charge in [-0.2, -0.15) is 10.5 Å². The van der Waals surface area contributed by atoms with E-state index in [9.17, 15) is 10.5 Å². The quantitative estimate of drug-likeness (QED) is 0.135. The maximum Gasteiger partial charge on any atom is 0.185 e. The van der Waals surface area contributed by atoms with Gasteiger partial charge < -0.3 is 9.47 Å². The Morgan fingerprint density at radius 1 is 0.414 bits per heavy atom. The van der Waals surface area contributed by atoms with E-state index in [1.807, 2.05) is 91.0 Å². The molecule has 11 rings (SSSR count). The fourth-order valence-electron chi connectivity index (χ4n) is 9.12. The molecule has 324 valence electrons. The molecule has 8 heteroatoms. The van der Waals surface area contributed by atoms with Gasteiger partial charge in [0.25, 0.3) is 0 Å². The van der Waals surface area contributed by atoms with Crippen molar-refractivity contribution in [1.29, 1.82) is 10.5 Å². The fraction of sp³-hybridized carbons (Fsp3) is 0. The Hall–Kier alpha value is -10.4. The van der Waals surface area contributed by atoms with Crippen LogP contribution < -0.4 is 4.90 Å². The van der Waals surface area contributed by atoms with Crippen LogP contribution in [0.5, 0.6) is 0 Å². The van der Waals surface area contributed by atoms with Crippen LogP contribution >= 0.6 is 0 Å². The molecule has 0 saturated carbocycles. The summed E-state index contributed by atoms with van der Waals surface area (Å²) < 4.78 is 2.27. The van der Waals surface area contributed by atoms with Crippen LogP contribution in [0.25, 0.3) is 93.3 Å². The molecule has 0 atom stereocenters. The monoisotopic (exact) mass is 892 g/mol. The van der Waals surface area contributed by atoms with Gasteiger partial charge in [-0.05, 0) is 125 Å². The molecule has 0 aliphatic carbocycles. The molecule has 70 heavy (non-hydrogen) atoms. The zero-order valence-electron chi connectivity index (χ0n) is 37.4. The van der Waals surface area contributed by atoms with Crippen molar-refractivity contribution in [2.24, 2.45) is 0 Å². The minimum Gasteiger partial charge on any atom is -0.310 e. The van der Waals surface area contributed by atoms with Crippen LogP contribution in [-0.2, 0) is 0 Å². The molecule has 2 aromatic heterocycles. The van der Waals surface area contributed by atoms with Crippen LogP contribution in [0.2, 0.25) is 0 Å². The second kappa shape index (κ2) is 18.1. The first-order chi connectivity index (χ1) is 34.5. The van der Waals surface area contributed by atoms with Gasteiger partial charge in [0.05, 0.1) is 58.8 Å². The second-order valence-electron chi connectivity index (χ2n) is 16.6. The summed E-state index contributed by atoms with van der Waals surface area (Å²) in [6, 6.07) is 76.3. The zero-order valence-corrected chi connectivity index (χ0v) is 37.4. The molecule has 0 saturated heterocycles. The number of hydrogen-bond donors (Lipinski definition) is 0. The number of fused-ring (bicyclic) bond motifs is 3. The molecule has 2 heterocycles. The van der Waals surface area contributed by atoms with Gasteiger partial charge in [-0.15, -0.1) is 0 Å². The van der Waals surface area contributed by atoms with Crippen LogP contribution in [0.1, 0.15) is 11.1 Å². The van der Waals surface area contributed by atoms with Crippen molar-refractivity contribution in [3.05, 3.63) is 252 Å². The number of aromatic nitrogens is 3. The van der Waals surface area contributed by atoms with Gasteiger partial charge in [0, 0.05) is 50.2 Å². The lowest BCUT2D eigenvalue weighted by Crippen LogP contribution is -2.09. The van der Waals surface area contributed by atoms with Gasteiger partial charge in [0.2, 0.25) is 0 Å². The van der Waals surface area contributed by atoms with Crippen LogP contribution in [-0.4, -0.2) is 14.5 Å². The van der Waals surface area contributed by atoms with Gasteiger partial charge in [-0.3, -0.25) is 0 Å². The largest absolute Gasteiger partial charge is 0.310 e. The highest BCUT2D eigenvalue weighted by molar-refractivity contribution is 6.11. The zero-order chi connectivity index (χ0) is 47.6. The Bertz CT molecular complexity index is 3790. The third kappa shape index (κ3) is 7.83. The van der Waals surface area contributed by atoms with E-state index in [0.29, 0.717) is 45.3 Å². The molecule has 0 spiro atoms. The fourth-order valence-corrected chi connectivity index (χ4v) is 9.12. The summed E-state index contributed by atoms with van der Waals surface area (Å²) in [4.78, 5) is 20.0. The third-order valence-corrected chi connectivity index (χ3v) is 12.5. The van der Waals surface area contributed by atoms with Gasteiger partial charge in [-0.1, -0.05) is 115 Å². The normalized spacial score (nSPS) is 10.8. The molecule has 0 fully saturated rings. The van der Waals surface area contributed by atoms with E-state index in [-0.39, 0.29) is 0 Å². The number of hydrogen-bond acceptors (Lipinski definition) is 5. The second-order valence-corrected chi connectivity index (χ2v) is 16.6. The van der Waals surface area contributed by atoms with E-state index >= 15 is 0 Å². The maximum absolute atomic E-state index is 9.38. The van der Waals surface area contributed by atoms with Gasteiger partial charge in [0.1, 0.15) is 0 Å². The molecule has 0 bridgehead atoms. The summed E-state index contributed by atoms with van der Waals surface area (Å²) in [5.41, 5.74) is 15.0. The number of benzene rings is 9. The summed E-state index contributed by atoms with van der Waals surface area (Å²) >= 11 is 0. The molecule has 0 aliphatic heterocycles. The maximum atomic E-state index is 9.38. The molecule has 9 aromatic carbocycles. The molecule has 0 aliphatic rings. The molecule has 0 unspecified atom stereocenters. The molecule has 0 amide bonds. The molecular weight excluding hydrogens is 857 g/mol. The van der Waals surface area contributed by atoms with Crippen molar-refractivity contribution in [2.75, 3.05) is 4.90 Å². The summed E-state index contributed by atoms with van der Waals surface area (Å²) in [6.07, 6.45) is 0. The Labute approximate surface area is 404 Å². The van der Waals surface area contributed by atoms with Crippen molar-refractivity contribution >= 4 is 50.2 Å². The van der Waals surface area contributed by atoms with Crippen molar-refractivity contribution in [1.82, 2.24) is 14.5 Å². The topological polar surface area (TPSA) is 90.2 Å². The van der Waals surface area contributed by atoms with Crippen LogP contribution in [0.3, 0.4) is 0 Å². The minimum absolute atomic E-state index is 0.390. The predicted octanol–water partition coefficient (Wildman–Crippen LogP) is 16.2. The first-order valence-corrected chi connectivity index (χ1v) is 22.5. The van der Waals surface area contributed by atoms with E-state index < -0.39 is 0 Å². The van der Waals surface area contributed by atoms with E-state index in [4.69, 9.17) is 23.1 Å². The van der Waals surface area contributed by atoms with E-state index in [1.165, 1.54) is 0 Å². The number of anilines is 3. The van der Waals surface area contributed by atoms with Crippen molar-refractivity contribution in [3.8, 4) is 74.0 Å². The van der Waals surface area contributed by atoms with Gasteiger partial charge >= 0.3 is 0 Å². The summed E-state index contributed by atoms with van der Waals surface area (Å²) in [5.74, 6) is 0.496. The van der Waals surface area contributed by atoms with Crippen LogP contribution in [0.15, 0.2) is 218 Å². The number of nitriles is 2. The Balaban J connectivity index is 0.924. The van der Waals surface area contributed by atoms with E-state index in [0.717, 1.165) is 77.9 Å². The van der Waals surface area contributed by atoms with Crippen LogP contribution in [0, 0.1) is 35.8 Å². The minimum atomic E-state index is 0.390. The van der Waals surface area contributed by atoms with Crippen molar-refractivity contribution < 1.29 is 0 Å². The number of nitrogens with zero attached hydrogens (tertiary/aromatic N) is 8. The molecular formula is C62H36N8. The lowest BCUT2D eigenvalue weighted by atomic mass is 9.95. The Morgan fingerprint density at radius 2 is 0.900 bits per heavy atom. The van der Waals surface area contributed by atoms with E-state index in [1.54, 1.807) is 24.3 Å².